The fourth-order valence-corrected chi connectivity index (χ4v) is 5.75. The smallest absolute Gasteiger partial charge is 0.322 e. The number of anilines is 1. The Labute approximate surface area is 252 Å². The van der Waals surface area contributed by atoms with Gasteiger partial charge in [0, 0.05) is 56.6 Å². The second-order valence-electron chi connectivity index (χ2n) is 10.1. The topological polar surface area (TPSA) is 161 Å². The van der Waals surface area contributed by atoms with E-state index in [0.717, 1.165) is 11.3 Å². The highest BCUT2D eigenvalue weighted by atomic mass is 32.2. The molecule has 0 radical (unpaired) electrons. The van der Waals surface area contributed by atoms with Crippen molar-refractivity contribution in [2.45, 2.75) is 26.3 Å². The zero-order valence-electron chi connectivity index (χ0n) is 24.5. The van der Waals surface area contributed by atoms with Crippen LogP contribution in [0.25, 0.3) is 0 Å². The highest BCUT2D eigenvalue weighted by molar-refractivity contribution is 7.87. The Kier molecular flexibility index (Phi) is 12.3. The molecule has 1 amide bonds. The van der Waals surface area contributed by atoms with E-state index in [1.54, 1.807) is 39.2 Å². The molecule has 1 atom stereocenters. The maximum Gasteiger partial charge on any atom is 0.322 e. The zero-order chi connectivity index (χ0) is 31.4. The van der Waals surface area contributed by atoms with Crippen molar-refractivity contribution >= 4 is 27.8 Å². The minimum Gasteiger partial charge on any atom is -0.490 e. The Bertz CT molecular complexity index is 1470. The van der Waals surface area contributed by atoms with Gasteiger partial charge in [-0.2, -0.15) is 22.7 Å². The lowest BCUT2D eigenvalue weighted by Gasteiger charge is -2.36. The van der Waals surface area contributed by atoms with Crippen LogP contribution in [0.1, 0.15) is 41.8 Å². The van der Waals surface area contributed by atoms with E-state index in [1.807, 2.05) is 30.3 Å². The molecule has 0 aliphatic carbocycles. The number of aliphatic carboxylic acids is 1. The third-order valence-electron chi connectivity index (χ3n) is 6.66. The third kappa shape index (κ3) is 9.70. The monoisotopic (exact) mass is 611 g/mol. The Balaban J connectivity index is 1.65. The Morgan fingerprint density at radius 2 is 1.67 bits per heavy atom. The van der Waals surface area contributed by atoms with E-state index in [1.165, 1.54) is 4.31 Å². The van der Waals surface area contributed by atoms with Crippen LogP contribution >= 0.6 is 0 Å². The van der Waals surface area contributed by atoms with E-state index in [2.05, 4.69) is 26.8 Å². The van der Waals surface area contributed by atoms with Crippen LogP contribution in [-0.4, -0.2) is 88.8 Å². The molecule has 3 rings (SSSR count). The number of nitrogens with zero attached hydrogens (tertiary/aromatic N) is 3. The van der Waals surface area contributed by atoms with Gasteiger partial charge in [0.2, 0.25) is 0 Å². The predicted molar refractivity (Wildman–Crippen MR) is 161 cm³/mol. The molecule has 3 N–H and O–H groups in total. The average Bonchev–Trinajstić information content (AvgIpc) is 2.99. The molecular formula is C30H37N5O7S. The van der Waals surface area contributed by atoms with Crippen molar-refractivity contribution < 1.29 is 32.6 Å². The number of nitrogens with one attached hydrogen (secondary N) is 2. The number of rotatable bonds is 13. The predicted octanol–water partition coefficient (Wildman–Crippen LogP) is 1.82. The van der Waals surface area contributed by atoms with Gasteiger partial charge < -0.3 is 24.8 Å². The van der Waals surface area contributed by atoms with Crippen molar-refractivity contribution in [2.75, 3.05) is 57.9 Å². The number of benzene rings is 2. The molecule has 230 valence electrons. The summed E-state index contributed by atoms with van der Waals surface area (Å²) in [5, 5.41) is 20.8. The average molecular weight is 612 g/mol. The van der Waals surface area contributed by atoms with Gasteiger partial charge >= 0.3 is 5.97 Å². The summed E-state index contributed by atoms with van der Waals surface area (Å²) in [4.78, 5) is 26.2. The van der Waals surface area contributed by atoms with Crippen LogP contribution in [0.5, 0.6) is 5.75 Å². The number of amides is 1. The molecule has 1 fully saturated rings. The summed E-state index contributed by atoms with van der Waals surface area (Å²) >= 11 is 0. The number of piperazine rings is 1. The van der Waals surface area contributed by atoms with Crippen LogP contribution < -0.4 is 19.7 Å². The van der Waals surface area contributed by atoms with Gasteiger partial charge in [-0.3, -0.25) is 9.59 Å². The normalized spacial score (nSPS) is 14.3. The van der Waals surface area contributed by atoms with Gasteiger partial charge in [-0.25, -0.2) is 0 Å². The first-order chi connectivity index (χ1) is 20.6. The first kappa shape index (κ1) is 33.4. The number of methoxy groups -OCH3 is 1. The Hall–Kier alpha value is -4.14. The van der Waals surface area contributed by atoms with E-state index in [-0.39, 0.29) is 38.6 Å². The van der Waals surface area contributed by atoms with Gasteiger partial charge in [0.05, 0.1) is 24.7 Å². The number of carbonyl (C=O) groups is 2. The maximum atomic E-state index is 12.7. The van der Waals surface area contributed by atoms with Crippen LogP contribution in [0.15, 0.2) is 42.5 Å². The fraction of sp³-hybridized carbons (Fsp3) is 0.433. The van der Waals surface area contributed by atoms with Crippen molar-refractivity contribution in [3.05, 3.63) is 59.2 Å². The molecule has 0 saturated carbocycles. The summed E-state index contributed by atoms with van der Waals surface area (Å²) in [6.07, 6.45) is 0.193. The molecule has 1 unspecified atom stereocenters. The lowest BCUT2D eigenvalue weighted by atomic mass is 10.1. The lowest BCUT2D eigenvalue weighted by Crippen LogP contribution is -2.55. The van der Waals surface area contributed by atoms with Crippen LogP contribution in [0.4, 0.5) is 5.69 Å². The summed E-state index contributed by atoms with van der Waals surface area (Å²) in [6.45, 7) is 5.51. The molecule has 0 bridgehead atoms. The summed E-state index contributed by atoms with van der Waals surface area (Å²) in [5.41, 5.74) is 2.59. The van der Waals surface area contributed by atoms with Crippen LogP contribution in [-0.2, 0) is 19.7 Å². The van der Waals surface area contributed by atoms with Crippen molar-refractivity contribution in [2.24, 2.45) is 5.92 Å². The van der Waals surface area contributed by atoms with Crippen molar-refractivity contribution in [3.63, 3.8) is 0 Å². The van der Waals surface area contributed by atoms with Gasteiger partial charge in [0.25, 0.3) is 16.1 Å². The van der Waals surface area contributed by atoms with E-state index >= 15 is 0 Å². The third-order valence-corrected chi connectivity index (χ3v) is 8.26. The second kappa shape index (κ2) is 15.9. The van der Waals surface area contributed by atoms with E-state index < -0.39 is 28.1 Å². The Morgan fingerprint density at radius 1 is 1.02 bits per heavy atom. The molecule has 1 saturated heterocycles. The second-order valence-corrected chi connectivity index (χ2v) is 11.8. The molecule has 1 aliphatic rings. The largest absolute Gasteiger partial charge is 0.490 e. The van der Waals surface area contributed by atoms with Crippen LogP contribution in [0.2, 0.25) is 0 Å². The maximum absolute atomic E-state index is 12.7. The standard InChI is InChI=1S/C30H37N5O7S/c1-22(2)28(30(37)38)33-43(39,40)35-17-15-34(16-18-35)25-10-7-23(8-11-25)5-6-24-9-12-27(42-20-19-41-3)26(21-24)29(36)32-14-4-13-31/h7-12,21-22,28,33H,4,14-20H2,1-3H3,(H,32,36)(H,37,38). The Morgan fingerprint density at radius 3 is 2.28 bits per heavy atom. The number of carbonyl (C=O) groups excluding carboxylic acids is 1. The molecule has 12 nitrogen and oxygen atoms in total. The van der Waals surface area contributed by atoms with E-state index in [0.29, 0.717) is 36.6 Å². The first-order valence-electron chi connectivity index (χ1n) is 13.8. The minimum absolute atomic E-state index is 0.193. The zero-order valence-corrected chi connectivity index (χ0v) is 25.3. The van der Waals surface area contributed by atoms with Gasteiger partial charge in [-0.05, 0) is 48.4 Å². The van der Waals surface area contributed by atoms with Gasteiger partial charge in [0.15, 0.2) is 0 Å². The van der Waals surface area contributed by atoms with E-state index in [4.69, 9.17) is 14.7 Å². The van der Waals surface area contributed by atoms with Crippen LogP contribution in [0.3, 0.4) is 0 Å². The number of hydrogen-bond acceptors (Lipinski definition) is 8. The van der Waals surface area contributed by atoms with Crippen molar-refractivity contribution in [1.29, 1.82) is 5.26 Å². The molecule has 0 spiro atoms. The summed E-state index contributed by atoms with van der Waals surface area (Å²) in [5.74, 6) is 4.61. The van der Waals surface area contributed by atoms with Gasteiger partial charge in [-0.15, -0.1) is 0 Å². The lowest BCUT2D eigenvalue weighted by molar-refractivity contribution is -0.140. The SMILES string of the molecule is COCCOc1ccc(C#Cc2ccc(N3CCN(S(=O)(=O)NC(C(=O)O)C(C)C)CC3)cc2)cc1C(=O)NCCC#N. The number of carboxylic acid groups (broad SMARTS) is 1. The molecular weight excluding hydrogens is 574 g/mol. The molecule has 2 aromatic rings. The summed E-state index contributed by atoms with van der Waals surface area (Å²) in [7, 11) is -2.38. The van der Waals surface area contributed by atoms with Crippen molar-refractivity contribution in [1.82, 2.24) is 14.3 Å². The molecule has 1 heterocycles. The molecule has 2 aromatic carbocycles. The number of hydrogen-bond donors (Lipinski definition) is 3. The highest BCUT2D eigenvalue weighted by Gasteiger charge is 2.33. The quantitative estimate of drug-likeness (QED) is 0.227. The number of ether oxygens (including phenoxy) is 2. The molecule has 1 aliphatic heterocycles. The fourth-order valence-electron chi connectivity index (χ4n) is 4.27. The minimum atomic E-state index is -3.94. The first-order valence-corrected chi connectivity index (χ1v) is 15.3. The molecule has 43 heavy (non-hydrogen) atoms. The van der Waals surface area contributed by atoms with Gasteiger partial charge in [0.1, 0.15) is 18.4 Å². The molecule has 13 heteroatoms. The number of nitriles is 1. The molecule has 0 aromatic heterocycles. The van der Waals surface area contributed by atoms with E-state index in [9.17, 15) is 23.1 Å². The van der Waals surface area contributed by atoms with Gasteiger partial charge in [-0.1, -0.05) is 25.7 Å². The summed E-state index contributed by atoms with van der Waals surface area (Å²) < 4.78 is 39.8. The number of carboxylic acids is 1. The summed E-state index contributed by atoms with van der Waals surface area (Å²) in [6, 6.07) is 13.4. The van der Waals surface area contributed by atoms with Crippen LogP contribution in [0, 0.1) is 29.1 Å². The van der Waals surface area contributed by atoms with Crippen molar-refractivity contribution in [3.8, 4) is 23.7 Å². The highest BCUT2D eigenvalue weighted by Crippen LogP contribution is 2.21.